The second-order valence-electron chi connectivity index (χ2n) is 2.39. The molecule has 0 saturated carbocycles. The fraction of sp³-hybridized carbons (Fsp3) is 0.222. The number of carbonyl (C=O) groups is 1. The van der Waals surface area contributed by atoms with Crippen LogP contribution < -0.4 is 5.32 Å². The van der Waals surface area contributed by atoms with Crippen molar-refractivity contribution in [2.24, 2.45) is 0 Å². The van der Waals surface area contributed by atoms with Gasteiger partial charge in [-0.2, -0.15) is 0 Å². The van der Waals surface area contributed by atoms with Gasteiger partial charge in [0.15, 0.2) is 0 Å². The summed E-state index contributed by atoms with van der Waals surface area (Å²) in [6.07, 6.45) is 0. The molecule has 1 radical (unpaired) electrons. The maximum Gasteiger partial charge on any atom is 0.272 e. The summed E-state index contributed by atoms with van der Waals surface area (Å²) < 4.78 is 0. The highest BCUT2D eigenvalue weighted by Crippen LogP contribution is 2.02. The monoisotopic (exact) mass is 148 g/mol. The van der Waals surface area contributed by atoms with Crippen LogP contribution in [-0.2, 0) is 0 Å². The van der Waals surface area contributed by atoms with Crippen LogP contribution in [0.4, 0.5) is 0 Å². The molecule has 1 rings (SSSR count). The highest BCUT2D eigenvalue weighted by Gasteiger charge is 2.01. The molecule has 0 spiro atoms. The minimum atomic E-state index is -0.162. The zero-order chi connectivity index (χ0) is 8.27. The van der Waals surface area contributed by atoms with Crippen LogP contribution in [0.1, 0.15) is 15.9 Å². The predicted molar refractivity (Wildman–Crippen MR) is 43.6 cm³/mol. The topological polar surface area (TPSA) is 31.2 Å². The zero-order valence-corrected chi connectivity index (χ0v) is 6.66. The van der Waals surface area contributed by atoms with Gasteiger partial charge in [-0.1, -0.05) is 17.7 Å². The summed E-state index contributed by atoms with van der Waals surface area (Å²) in [4.78, 5) is 11.0. The quantitative estimate of drug-likeness (QED) is 0.591. The van der Waals surface area contributed by atoms with Gasteiger partial charge in [0.05, 0.1) is 0 Å². The molecular formula is C9H10NO. The predicted octanol–water partition coefficient (Wildman–Crippen LogP) is 1.37. The first-order valence-corrected chi connectivity index (χ1v) is 3.45. The van der Waals surface area contributed by atoms with Crippen molar-refractivity contribution in [2.45, 2.75) is 6.92 Å². The molecule has 0 heterocycles. The normalized spacial score (nSPS) is 9.27. The number of hydrogen-bond acceptors (Lipinski definition) is 1. The van der Waals surface area contributed by atoms with E-state index < -0.39 is 0 Å². The lowest BCUT2D eigenvalue weighted by molar-refractivity contribution is 0.0959. The van der Waals surface area contributed by atoms with E-state index in [-0.39, 0.29) is 5.91 Å². The molecule has 57 valence electrons. The summed E-state index contributed by atoms with van der Waals surface area (Å²) >= 11 is 0. The van der Waals surface area contributed by atoms with Crippen molar-refractivity contribution < 1.29 is 4.79 Å². The molecule has 0 aliphatic carbocycles. The number of amides is 1. The van der Waals surface area contributed by atoms with Gasteiger partial charge in [-0.05, 0) is 19.1 Å². The molecule has 0 aliphatic heterocycles. The van der Waals surface area contributed by atoms with Crippen LogP contribution >= 0.6 is 0 Å². The zero-order valence-electron chi connectivity index (χ0n) is 6.66. The first-order chi connectivity index (χ1) is 5.24. The maximum absolute atomic E-state index is 11.0. The van der Waals surface area contributed by atoms with Crippen LogP contribution in [0.5, 0.6) is 0 Å². The summed E-state index contributed by atoms with van der Waals surface area (Å²) in [5, 5.41) is 3.55. The van der Waals surface area contributed by atoms with Gasteiger partial charge in [-0.25, -0.2) is 0 Å². The molecule has 1 amide bonds. The van der Waals surface area contributed by atoms with E-state index in [1.807, 2.05) is 19.1 Å². The van der Waals surface area contributed by atoms with Gasteiger partial charge >= 0.3 is 0 Å². The summed E-state index contributed by atoms with van der Waals surface area (Å²) in [5.74, 6) is -0.162. The van der Waals surface area contributed by atoms with E-state index in [0.717, 1.165) is 5.56 Å². The van der Waals surface area contributed by atoms with E-state index in [4.69, 9.17) is 0 Å². The van der Waals surface area contributed by atoms with Crippen LogP contribution in [0.3, 0.4) is 0 Å². The molecule has 1 aromatic carbocycles. The van der Waals surface area contributed by atoms with E-state index in [9.17, 15) is 4.79 Å². The van der Waals surface area contributed by atoms with Gasteiger partial charge in [-0.15, -0.1) is 0 Å². The second-order valence-corrected chi connectivity index (χ2v) is 2.39. The number of hydrogen-bond donors (Lipinski definition) is 0. The molecule has 0 atom stereocenters. The molecule has 0 unspecified atom stereocenters. The van der Waals surface area contributed by atoms with Crippen molar-refractivity contribution in [3.8, 4) is 0 Å². The molecule has 0 bridgehead atoms. The fourth-order valence-electron chi connectivity index (χ4n) is 0.825. The van der Waals surface area contributed by atoms with Crippen molar-refractivity contribution in [3.05, 3.63) is 35.4 Å². The van der Waals surface area contributed by atoms with Gasteiger partial charge in [0.2, 0.25) is 0 Å². The van der Waals surface area contributed by atoms with Crippen LogP contribution in [-0.4, -0.2) is 13.0 Å². The SMILES string of the molecule is C[N]C(=O)c1ccc(C)cc1. The van der Waals surface area contributed by atoms with Gasteiger partial charge < -0.3 is 0 Å². The Hall–Kier alpha value is -1.31. The first-order valence-electron chi connectivity index (χ1n) is 3.45. The van der Waals surface area contributed by atoms with Gasteiger partial charge in [0.25, 0.3) is 5.91 Å². The summed E-state index contributed by atoms with van der Waals surface area (Å²) in [6.45, 7) is 1.98. The molecule has 0 N–H and O–H groups in total. The maximum atomic E-state index is 11.0. The van der Waals surface area contributed by atoms with Crippen LogP contribution in [0.25, 0.3) is 0 Å². The average molecular weight is 148 g/mol. The molecule has 0 fully saturated rings. The summed E-state index contributed by atoms with van der Waals surface area (Å²) in [6, 6.07) is 7.37. The largest absolute Gasteiger partial charge is 0.272 e. The second kappa shape index (κ2) is 3.19. The Morgan fingerprint density at radius 1 is 1.27 bits per heavy atom. The Bertz CT molecular complexity index is 251. The van der Waals surface area contributed by atoms with E-state index in [2.05, 4.69) is 5.32 Å². The minimum absolute atomic E-state index is 0.162. The molecule has 0 saturated heterocycles. The van der Waals surface area contributed by atoms with Crippen molar-refractivity contribution in [1.29, 1.82) is 0 Å². The van der Waals surface area contributed by atoms with Gasteiger partial charge in [0, 0.05) is 12.6 Å². The summed E-state index contributed by atoms with van der Waals surface area (Å²) in [5.41, 5.74) is 1.80. The molecule has 0 aliphatic rings. The molecular weight excluding hydrogens is 138 g/mol. The van der Waals surface area contributed by atoms with Gasteiger partial charge in [-0.3, -0.25) is 10.1 Å². The highest BCUT2D eigenvalue weighted by atomic mass is 16.1. The third kappa shape index (κ3) is 1.80. The van der Waals surface area contributed by atoms with Crippen molar-refractivity contribution in [2.75, 3.05) is 7.05 Å². The smallest absolute Gasteiger partial charge is 0.267 e. The third-order valence-corrected chi connectivity index (χ3v) is 1.50. The molecule has 2 nitrogen and oxygen atoms in total. The van der Waals surface area contributed by atoms with Crippen LogP contribution in [0, 0.1) is 6.92 Å². The van der Waals surface area contributed by atoms with Crippen molar-refractivity contribution >= 4 is 5.91 Å². The number of rotatable bonds is 1. The number of benzene rings is 1. The molecule has 2 heteroatoms. The molecule has 1 aromatic rings. The Balaban J connectivity index is 2.90. The Morgan fingerprint density at radius 2 is 1.82 bits per heavy atom. The Morgan fingerprint density at radius 3 is 2.27 bits per heavy atom. The van der Waals surface area contributed by atoms with Crippen molar-refractivity contribution in [1.82, 2.24) is 5.32 Å². The van der Waals surface area contributed by atoms with Crippen LogP contribution in [0.15, 0.2) is 24.3 Å². The van der Waals surface area contributed by atoms with E-state index >= 15 is 0 Å². The first kappa shape index (κ1) is 7.79. The van der Waals surface area contributed by atoms with Gasteiger partial charge in [0.1, 0.15) is 0 Å². The number of nitrogens with zero attached hydrogens (tertiary/aromatic N) is 1. The third-order valence-electron chi connectivity index (χ3n) is 1.50. The highest BCUT2D eigenvalue weighted by molar-refractivity contribution is 5.93. The number of carbonyl (C=O) groups excluding carboxylic acids is 1. The van der Waals surface area contributed by atoms with E-state index in [0.29, 0.717) is 5.56 Å². The van der Waals surface area contributed by atoms with Crippen molar-refractivity contribution in [3.63, 3.8) is 0 Å². The standard InChI is InChI=1S/C9H10NO/c1-7-3-5-8(6-4-7)9(11)10-2/h3-6H,1-2H3. The Kier molecular flexibility index (Phi) is 2.26. The number of aryl methyl sites for hydroxylation is 1. The lowest BCUT2D eigenvalue weighted by atomic mass is 10.1. The minimum Gasteiger partial charge on any atom is -0.267 e. The Labute approximate surface area is 66.2 Å². The summed E-state index contributed by atoms with van der Waals surface area (Å²) in [7, 11) is 1.50. The van der Waals surface area contributed by atoms with Crippen LogP contribution in [0.2, 0.25) is 0 Å². The van der Waals surface area contributed by atoms with E-state index in [1.165, 1.54) is 7.05 Å². The van der Waals surface area contributed by atoms with E-state index in [1.54, 1.807) is 12.1 Å². The lowest BCUT2D eigenvalue weighted by Gasteiger charge is -1.96. The molecule has 11 heavy (non-hydrogen) atoms. The average Bonchev–Trinajstić information content (AvgIpc) is 2.05. The lowest BCUT2D eigenvalue weighted by Crippen LogP contribution is -2.09. The fourth-order valence-corrected chi connectivity index (χ4v) is 0.825. The molecule has 0 aromatic heterocycles.